The molecule has 1 amide bonds. The molecule has 2 saturated heterocycles. The van der Waals surface area contributed by atoms with E-state index in [9.17, 15) is 4.79 Å². The van der Waals surface area contributed by atoms with Crippen LogP contribution in [-0.4, -0.2) is 46.2 Å². The average molecular weight is 437 g/mol. The minimum absolute atomic E-state index is 0.0858. The largest absolute Gasteiger partial charge is 0.475 e. The molecule has 2 aromatic rings. The molecule has 1 aromatic carbocycles. The number of aryl methyl sites for hydroxylation is 2. The van der Waals surface area contributed by atoms with Gasteiger partial charge in [-0.15, -0.1) is 5.10 Å². The van der Waals surface area contributed by atoms with Gasteiger partial charge in [0.25, 0.3) is 0 Å². The third kappa shape index (κ3) is 3.53. The molecule has 3 heterocycles. The first-order chi connectivity index (χ1) is 15.2. The third-order valence-corrected chi connectivity index (χ3v) is 7.85. The fourth-order valence-electron chi connectivity index (χ4n) is 5.86. The van der Waals surface area contributed by atoms with Gasteiger partial charge in [-0.05, 0) is 78.4 Å². The van der Waals surface area contributed by atoms with Gasteiger partial charge in [-0.1, -0.05) is 17.2 Å². The van der Waals surface area contributed by atoms with E-state index in [1.54, 1.807) is 0 Å². The summed E-state index contributed by atoms with van der Waals surface area (Å²) in [6.45, 7) is 9.10. The molecule has 3 aliphatic rings. The minimum atomic E-state index is -0.596. The first-order valence-corrected chi connectivity index (χ1v) is 12.1. The SMILES string of the molecule is Cc1cc(C)cc(-c2[nH]nc(OCC(C)(C)C(=O)N3C4CCC3CC4)c2C2(CN)CC2)c1. The average Bonchev–Trinajstić information content (AvgIpc) is 3.09. The number of benzene rings is 1. The summed E-state index contributed by atoms with van der Waals surface area (Å²) in [6, 6.07) is 7.38. The molecule has 2 aliphatic heterocycles. The van der Waals surface area contributed by atoms with Crippen LogP contribution in [0.15, 0.2) is 18.2 Å². The normalized spacial score (nSPS) is 23.6. The zero-order valence-corrected chi connectivity index (χ0v) is 19.8. The first-order valence-electron chi connectivity index (χ1n) is 12.1. The van der Waals surface area contributed by atoms with E-state index in [1.165, 1.54) is 11.1 Å². The van der Waals surface area contributed by atoms with Crippen molar-refractivity contribution in [1.29, 1.82) is 0 Å². The summed E-state index contributed by atoms with van der Waals surface area (Å²) < 4.78 is 6.32. The zero-order chi connectivity index (χ0) is 22.7. The van der Waals surface area contributed by atoms with E-state index in [1.807, 2.05) is 13.8 Å². The predicted molar refractivity (Wildman–Crippen MR) is 126 cm³/mol. The van der Waals surface area contributed by atoms with E-state index in [2.05, 4.69) is 47.1 Å². The molecule has 3 N–H and O–H groups in total. The monoisotopic (exact) mass is 436 g/mol. The highest BCUT2D eigenvalue weighted by molar-refractivity contribution is 5.83. The van der Waals surface area contributed by atoms with Gasteiger partial charge in [0.2, 0.25) is 11.8 Å². The lowest BCUT2D eigenvalue weighted by Crippen LogP contribution is -2.46. The summed E-state index contributed by atoms with van der Waals surface area (Å²) in [5.74, 6) is 0.821. The molecule has 1 aromatic heterocycles. The number of rotatable bonds is 7. The third-order valence-electron chi connectivity index (χ3n) is 7.85. The summed E-state index contributed by atoms with van der Waals surface area (Å²) >= 11 is 0. The Hall–Kier alpha value is -2.34. The first kappa shape index (κ1) is 21.5. The number of aromatic nitrogens is 2. The molecule has 3 fully saturated rings. The van der Waals surface area contributed by atoms with Gasteiger partial charge in [0.1, 0.15) is 6.61 Å². The number of fused-ring (bicyclic) bond motifs is 2. The van der Waals surface area contributed by atoms with Crippen molar-refractivity contribution in [2.24, 2.45) is 11.1 Å². The van der Waals surface area contributed by atoms with Crippen LogP contribution < -0.4 is 10.5 Å². The Morgan fingerprint density at radius 2 is 1.75 bits per heavy atom. The van der Waals surface area contributed by atoms with Gasteiger partial charge in [0.05, 0.1) is 11.1 Å². The van der Waals surface area contributed by atoms with E-state index in [-0.39, 0.29) is 11.3 Å². The van der Waals surface area contributed by atoms with Gasteiger partial charge in [-0.25, -0.2) is 0 Å². The topological polar surface area (TPSA) is 84.2 Å². The number of nitrogens with one attached hydrogen (secondary N) is 1. The number of H-pyrrole nitrogens is 1. The van der Waals surface area contributed by atoms with Gasteiger partial charge in [0, 0.05) is 35.2 Å². The molecular weight excluding hydrogens is 400 g/mol. The molecule has 32 heavy (non-hydrogen) atoms. The van der Waals surface area contributed by atoms with Gasteiger partial charge < -0.3 is 15.4 Å². The Morgan fingerprint density at radius 1 is 1.16 bits per heavy atom. The maximum Gasteiger partial charge on any atom is 0.237 e. The molecule has 5 rings (SSSR count). The highest BCUT2D eigenvalue weighted by atomic mass is 16.5. The van der Waals surface area contributed by atoms with Gasteiger partial charge in [-0.3, -0.25) is 9.89 Å². The van der Waals surface area contributed by atoms with Crippen molar-refractivity contribution in [3.63, 3.8) is 0 Å². The second kappa shape index (κ2) is 7.62. The van der Waals surface area contributed by atoms with Crippen molar-refractivity contribution < 1.29 is 9.53 Å². The summed E-state index contributed by atoms with van der Waals surface area (Å²) in [5.41, 5.74) is 11.2. The number of hydrogen-bond acceptors (Lipinski definition) is 4. The molecule has 172 valence electrons. The van der Waals surface area contributed by atoms with E-state index in [4.69, 9.17) is 10.5 Å². The van der Waals surface area contributed by atoms with Gasteiger partial charge in [-0.2, -0.15) is 0 Å². The smallest absolute Gasteiger partial charge is 0.237 e. The Kier molecular flexibility index (Phi) is 5.12. The van der Waals surface area contributed by atoms with Crippen LogP contribution in [0, 0.1) is 19.3 Å². The predicted octanol–water partition coefficient (Wildman–Crippen LogP) is 4.24. The maximum absolute atomic E-state index is 13.4. The van der Waals surface area contributed by atoms with E-state index < -0.39 is 5.41 Å². The second-order valence-electron chi connectivity index (χ2n) is 11.0. The van der Waals surface area contributed by atoms with Crippen molar-refractivity contribution in [1.82, 2.24) is 15.1 Å². The Labute approximate surface area is 190 Å². The molecule has 6 nitrogen and oxygen atoms in total. The van der Waals surface area contributed by atoms with E-state index in [0.717, 1.165) is 55.3 Å². The van der Waals surface area contributed by atoms with Crippen LogP contribution in [0.1, 0.15) is 69.1 Å². The number of carbonyl (C=O) groups is 1. The quantitative estimate of drug-likeness (QED) is 0.680. The fraction of sp³-hybridized carbons (Fsp3) is 0.615. The van der Waals surface area contributed by atoms with Crippen molar-refractivity contribution in [3.8, 4) is 17.1 Å². The molecule has 0 spiro atoms. The Morgan fingerprint density at radius 3 is 2.28 bits per heavy atom. The number of aromatic amines is 1. The lowest BCUT2D eigenvalue weighted by molar-refractivity contribution is -0.143. The van der Waals surface area contributed by atoms with E-state index in [0.29, 0.717) is 31.1 Å². The number of nitrogens with zero attached hydrogens (tertiary/aromatic N) is 2. The van der Waals surface area contributed by atoms with Crippen molar-refractivity contribution in [2.75, 3.05) is 13.2 Å². The van der Waals surface area contributed by atoms with E-state index >= 15 is 0 Å². The highest BCUT2D eigenvalue weighted by Gasteiger charge is 2.49. The molecule has 0 unspecified atom stereocenters. The lowest BCUT2D eigenvalue weighted by Gasteiger charge is -2.32. The molecule has 2 bridgehead atoms. The van der Waals surface area contributed by atoms with Crippen molar-refractivity contribution in [2.45, 2.75) is 83.7 Å². The van der Waals surface area contributed by atoms with Crippen LogP contribution in [0.3, 0.4) is 0 Å². The standard InChI is InChI=1S/C26H36N4O2/c1-16-11-17(2)13-18(12-16)22-21(26(14-27)9-10-26)23(29-28-22)32-15-25(3,4)24(31)30-19-5-6-20(30)8-7-19/h11-13,19-20H,5-10,14-15,27H2,1-4H3,(H,28,29). The number of hydrogen-bond donors (Lipinski definition) is 2. The van der Waals surface area contributed by atoms with Crippen LogP contribution in [0.5, 0.6) is 5.88 Å². The fourth-order valence-corrected chi connectivity index (χ4v) is 5.86. The molecule has 1 aliphatic carbocycles. The number of carbonyl (C=O) groups excluding carboxylic acids is 1. The number of ether oxygens (including phenoxy) is 1. The second-order valence-corrected chi connectivity index (χ2v) is 11.0. The van der Waals surface area contributed by atoms with Crippen molar-refractivity contribution >= 4 is 5.91 Å². The summed E-state index contributed by atoms with van der Waals surface area (Å²) in [7, 11) is 0. The molecule has 0 radical (unpaired) electrons. The maximum atomic E-state index is 13.4. The minimum Gasteiger partial charge on any atom is -0.475 e. The van der Waals surface area contributed by atoms with Gasteiger partial charge >= 0.3 is 0 Å². The van der Waals surface area contributed by atoms with Crippen molar-refractivity contribution in [3.05, 3.63) is 34.9 Å². The van der Waals surface area contributed by atoms with Crippen LogP contribution in [0.25, 0.3) is 11.3 Å². The lowest BCUT2D eigenvalue weighted by atomic mass is 9.91. The van der Waals surface area contributed by atoms with Crippen LogP contribution in [0.2, 0.25) is 0 Å². The Bertz CT molecular complexity index is 996. The summed E-state index contributed by atoms with van der Waals surface area (Å²) in [5, 5.41) is 7.82. The highest BCUT2D eigenvalue weighted by Crippen LogP contribution is 2.53. The van der Waals surface area contributed by atoms with Crippen LogP contribution in [-0.2, 0) is 10.2 Å². The number of amides is 1. The summed E-state index contributed by atoms with van der Waals surface area (Å²) in [6.07, 6.45) is 6.67. The number of nitrogens with two attached hydrogens (primary N) is 1. The molecular formula is C26H36N4O2. The van der Waals surface area contributed by atoms with Crippen LogP contribution >= 0.6 is 0 Å². The zero-order valence-electron chi connectivity index (χ0n) is 19.8. The Balaban J connectivity index is 1.41. The van der Waals surface area contributed by atoms with Gasteiger partial charge in [0.15, 0.2) is 0 Å². The molecule has 0 atom stereocenters. The van der Waals surface area contributed by atoms with Crippen LogP contribution in [0.4, 0.5) is 0 Å². The molecule has 6 heteroatoms. The molecule has 1 saturated carbocycles. The summed E-state index contributed by atoms with van der Waals surface area (Å²) in [4.78, 5) is 15.5.